The van der Waals surface area contributed by atoms with E-state index in [0.717, 1.165) is 6.07 Å². The number of aryl methyl sites for hydroxylation is 1. The zero-order valence-electron chi connectivity index (χ0n) is 11.8. The molecule has 0 amide bonds. The minimum Gasteiger partial charge on any atom is -0.486 e. The quantitative estimate of drug-likeness (QED) is 0.943. The van der Waals surface area contributed by atoms with Gasteiger partial charge < -0.3 is 9.47 Å². The molecular formula is C15H14FNO4S. The molecule has 1 heterocycles. The van der Waals surface area contributed by atoms with Gasteiger partial charge in [-0.05, 0) is 42.8 Å². The van der Waals surface area contributed by atoms with Gasteiger partial charge in [0.25, 0.3) is 10.0 Å². The third kappa shape index (κ3) is 2.85. The molecule has 1 aliphatic rings. The zero-order valence-corrected chi connectivity index (χ0v) is 12.6. The van der Waals surface area contributed by atoms with Gasteiger partial charge in [0, 0.05) is 6.07 Å². The molecule has 0 bridgehead atoms. The molecule has 0 unspecified atom stereocenters. The van der Waals surface area contributed by atoms with Crippen LogP contribution in [0.3, 0.4) is 0 Å². The maximum absolute atomic E-state index is 13.3. The molecule has 0 fully saturated rings. The highest BCUT2D eigenvalue weighted by atomic mass is 32.2. The van der Waals surface area contributed by atoms with Crippen LogP contribution in [0, 0.1) is 12.7 Å². The molecule has 7 heteroatoms. The van der Waals surface area contributed by atoms with E-state index in [-0.39, 0.29) is 10.5 Å². The van der Waals surface area contributed by atoms with Gasteiger partial charge in [0.05, 0.1) is 10.6 Å². The molecule has 2 aromatic carbocycles. The summed E-state index contributed by atoms with van der Waals surface area (Å²) in [5, 5.41) is 0. The summed E-state index contributed by atoms with van der Waals surface area (Å²) in [6.45, 7) is 2.39. The Labute approximate surface area is 127 Å². The van der Waals surface area contributed by atoms with Crippen molar-refractivity contribution in [1.29, 1.82) is 0 Å². The van der Waals surface area contributed by atoms with Crippen LogP contribution in [0.1, 0.15) is 5.56 Å². The van der Waals surface area contributed by atoms with E-state index in [1.54, 1.807) is 18.2 Å². The molecule has 1 aliphatic heterocycles. The maximum atomic E-state index is 13.3. The normalized spacial score (nSPS) is 13.7. The Kier molecular flexibility index (Phi) is 3.66. The summed E-state index contributed by atoms with van der Waals surface area (Å²) in [6, 6.07) is 8.43. The maximum Gasteiger partial charge on any atom is 0.261 e. The lowest BCUT2D eigenvalue weighted by Gasteiger charge is -2.19. The number of sulfonamides is 1. The fourth-order valence-electron chi connectivity index (χ4n) is 2.11. The Bertz CT molecular complexity index is 820. The first-order valence-electron chi connectivity index (χ1n) is 6.64. The molecule has 116 valence electrons. The van der Waals surface area contributed by atoms with E-state index in [1.165, 1.54) is 19.1 Å². The van der Waals surface area contributed by atoms with Crippen LogP contribution >= 0.6 is 0 Å². The smallest absolute Gasteiger partial charge is 0.261 e. The first-order valence-corrected chi connectivity index (χ1v) is 8.13. The number of halogens is 1. The van der Waals surface area contributed by atoms with Crippen molar-refractivity contribution in [3.8, 4) is 11.5 Å². The van der Waals surface area contributed by atoms with E-state index in [1.807, 2.05) is 0 Å². The highest BCUT2D eigenvalue weighted by molar-refractivity contribution is 7.92. The summed E-state index contributed by atoms with van der Waals surface area (Å²) in [7, 11) is -3.79. The van der Waals surface area contributed by atoms with Crippen LogP contribution in [0.15, 0.2) is 41.3 Å². The Morgan fingerprint density at radius 2 is 1.77 bits per heavy atom. The number of benzene rings is 2. The number of rotatable bonds is 3. The molecule has 1 N–H and O–H groups in total. The Balaban J connectivity index is 1.89. The minimum atomic E-state index is -3.79. The molecule has 0 aromatic heterocycles. The van der Waals surface area contributed by atoms with Crippen LogP contribution in [0.2, 0.25) is 0 Å². The average molecular weight is 323 g/mol. The van der Waals surface area contributed by atoms with Crippen LogP contribution in [0.5, 0.6) is 11.5 Å². The molecule has 0 saturated carbocycles. The number of hydrogen-bond donors (Lipinski definition) is 1. The lowest BCUT2D eigenvalue weighted by Crippen LogP contribution is -2.16. The Morgan fingerprint density at radius 1 is 1.05 bits per heavy atom. The van der Waals surface area contributed by atoms with Crippen LogP contribution in [0.4, 0.5) is 10.1 Å². The van der Waals surface area contributed by atoms with Crippen molar-refractivity contribution in [3.05, 3.63) is 47.8 Å². The van der Waals surface area contributed by atoms with Crippen LogP contribution in [-0.4, -0.2) is 21.6 Å². The second kappa shape index (κ2) is 5.49. The average Bonchev–Trinajstić information content (AvgIpc) is 2.49. The number of anilines is 1. The predicted octanol–water partition coefficient (Wildman–Crippen LogP) is 2.71. The van der Waals surface area contributed by atoms with E-state index in [2.05, 4.69) is 4.72 Å². The predicted molar refractivity (Wildman–Crippen MR) is 79.4 cm³/mol. The summed E-state index contributed by atoms with van der Waals surface area (Å²) in [5.74, 6) is 0.617. The molecule has 2 aromatic rings. The van der Waals surface area contributed by atoms with Crippen molar-refractivity contribution in [2.24, 2.45) is 0 Å². The molecular weight excluding hydrogens is 309 g/mol. The van der Waals surface area contributed by atoms with Gasteiger partial charge in [0.1, 0.15) is 19.0 Å². The van der Waals surface area contributed by atoms with Gasteiger partial charge in [0.2, 0.25) is 0 Å². The monoisotopic (exact) mass is 323 g/mol. The summed E-state index contributed by atoms with van der Waals surface area (Å²) in [5.41, 5.74) is 0.622. The van der Waals surface area contributed by atoms with Gasteiger partial charge in [-0.2, -0.15) is 0 Å². The van der Waals surface area contributed by atoms with E-state index >= 15 is 0 Å². The van der Waals surface area contributed by atoms with Crippen molar-refractivity contribution in [1.82, 2.24) is 0 Å². The van der Waals surface area contributed by atoms with Gasteiger partial charge in [-0.1, -0.05) is 0 Å². The van der Waals surface area contributed by atoms with Gasteiger partial charge >= 0.3 is 0 Å². The summed E-state index contributed by atoms with van der Waals surface area (Å²) in [4.78, 5) is 0.00119. The summed E-state index contributed by atoms with van der Waals surface area (Å²) in [6.07, 6.45) is 0. The largest absolute Gasteiger partial charge is 0.486 e. The topological polar surface area (TPSA) is 64.6 Å². The van der Waals surface area contributed by atoms with E-state index in [0.29, 0.717) is 30.4 Å². The van der Waals surface area contributed by atoms with Crippen molar-refractivity contribution in [2.45, 2.75) is 11.8 Å². The van der Waals surface area contributed by atoms with E-state index in [9.17, 15) is 12.8 Å². The van der Waals surface area contributed by atoms with Crippen molar-refractivity contribution < 1.29 is 22.3 Å². The molecule has 5 nitrogen and oxygen atoms in total. The van der Waals surface area contributed by atoms with Crippen LogP contribution < -0.4 is 14.2 Å². The molecule has 3 rings (SSSR count). The van der Waals surface area contributed by atoms with Crippen LogP contribution in [-0.2, 0) is 10.0 Å². The van der Waals surface area contributed by atoms with Crippen molar-refractivity contribution in [3.63, 3.8) is 0 Å². The van der Waals surface area contributed by atoms with Gasteiger partial charge in [-0.25, -0.2) is 12.8 Å². The lowest BCUT2D eigenvalue weighted by atomic mass is 10.2. The Morgan fingerprint density at radius 3 is 2.50 bits per heavy atom. The summed E-state index contributed by atoms with van der Waals surface area (Å²) >= 11 is 0. The van der Waals surface area contributed by atoms with Gasteiger partial charge in [0.15, 0.2) is 11.5 Å². The molecule has 0 radical (unpaired) electrons. The highest BCUT2D eigenvalue weighted by Gasteiger charge is 2.18. The molecule has 0 spiro atoms. The lowest BCUT2D eigenvalue weighted by molar-refractivity contribution is 0.171. The fourth-order valence-corrected chi connectivity index (χ4v) is 3.24. The number of fused-ring (bicyclic) bond motifs is 1. The van der Waals surface area contributed by atoms with Crippen LogP contribution in [0.25, 0.3) is 0 Å². The van der Waals surface area contributed by atoms with Crippen molar-refractivity contribution >= 4 is 15.7 Å². The molecule has 0 aliphatic carbocycles. The zero-order chi connectivity index (χ0) is 15.7. The highest BCUT2D eigenvalue weighted by Crippen LogP contribution is 2.33. The van der Waals surface area contributed by atoms with Gasteiger partial charge in [-0.3, -0.25) is 4.72 Å². The number of nitrogens with one attached hydrogen (secondary N) is 1. The van der Waals surface area contributed by atoms with Gasteiger partial charge in [-0.15, -0.1) is 0 Å². The first kappa shape index (κ1) is 14.6. The standard InChI is InChI=1S/C15H14FNO4S/c1-10-8-12(3-4-13(10)16)22(18,19)17-11-2-5-14-15(9-11)21-7-6-20-14/h2-5,8-9,17H,6-7H2,1H3. The Hall–Kier alpha value is -2.28. The minimum absolute atomic E-state index is 0.00119. The first-order chi connectivity index (χ1) is 10.5. The summed E-state index contributed by atoms with van der Waals surface area (Å²) < 4.78 is 51.1. The molecule has 0 saturated heterocycles. The van der Waals surface area contributed by atoms with Crippen molar-refractivity contribution in [2.75, 3.05) is 17.9 Å². The second-order valence-corrected chi connectivity index (χ2v) is 6.56. The number of hydrogen-bond acceptors (Lipinski definition) is 4. The third-order valence-corrected chi connectivity index (χ3v) is 4.61. The van der Waals surface area contributed by atoms with E-state index in [4.69, 9.17) is 9.47 Å². The second-order valence-electron chi connectivity index (χ2n) is 4.87. The third-order valence-electron chi connectivity index (χ3n) is 3.23. The van der Waals surface area contributed by atoms with E-state index < -0.39 is 15.8 Å². The molecule has 0 atom stereocenters. The SMILES string of the molecule is Cc1cc(S(=O)(=O)Nc2ccc3c(c2)OCCO3)ccc1F. The number of ether oxygens (including phenoxy) is 2. The fraction of sp³-hybridized carbons (Fsp3) is 0.200. The molecule has 22 heavy (non-hydrogen) atoms.